The van der Waals surface area contributed by atoms with Crippen LogP contribution in [0.3, 0.4) is 0 Å². The summed E-state index contributed by atoms with van der Waals surface area (Å²) < 4.78 is 5.80. The molecule has 0 bridgehead atoms. The van der Waals surface area contributed by atoms with Gasteiger partial charge in [0.1, 0.15) is 0 Å². The van der Waals surface area contributed by atoms with Crippen LogP contribution < -0.4 is 0 Å². The summed E-state index contributed by atoms with van der Waals surface area (Å²) in [6.07, 6.45) is 2.52. The van der Waals surface area contributed by atoms with Gasteiger partial charge in [-0.15, -0.1) is 0 Å². The molecule has 2 aliphatic rings. The molecular weight excluding hydrogens is 310 g/mol. The lowest BCUT2D eigenvalue weighted by molar-refractivity contribution is -0.135. The van der Waals surface area contributed by atoms with Gasteiger partial charge in [0.15, 0.2) is 0 Å². The second-order valence-electron chi connectivity index (χ2n) is 6.87. The van der Waals surface area contributed by atoms with Gasteiger partial charge in [-0.2, -0.15) is 11.3 Å². The second-order valence-corrected chi connectivity index (χ2v) is 7.65. The van der Waals surface area contributed by atoms with Gasteiger partial charge in [0.2, 0.25) is 5.91 Å². The normalized spacial score (nSPS) is 22.5. The van der Waals surface area contributed by atoms with Crippen LogP contribution >= 0.6 is 11.3 Å². The van der Waals surface area contributed by atoms with Crippen LogP contribution in [0.2, 0.25) is 0 Å². The predicted molar refractivity (Wildman–Crippen MR) is 92.6 cm³/mol. The number of carbonyl (C=O) groups excluding carboxylic acids is 1. The van der Waals surface area contributed by atoms with E-state index in [1.165, 1.54) is 5.56 Å². The zero-order chi connectivity index (χ0) is 16.2. The quantitative estimate of drug-likeness (QED) is 0.755. The third-order valence-corrected chi connectivity index (χ3v) is 5.12. The Hall–Kier alpha value is -0.950. The molecule has 1 aliphatic carbocycles. The molecule has 0 spiro atoms. The molecule has 0 unspecified atom stereocenters. The molecular formula is C17H27N3O2S. The van der Waals surface area contributed by atoms with Crippen LogP contribution in [0, 0.1) is 0 Å². The summed E-state index contributed by atoms with van der Waals surface area (Å²) in [7, 11) is 4.12. The lowest BCUT2D eigenvalue weighted by Gasteiger charge is -2.35. The third-order valence-electron chi connectivity index (χ3n) is 4.39. The number of thiophene rings is 1. The van der Waals surface area contributed by atoms with Gasteiger partial charge in [-0.25, -0.2) is 0 Å². The van der Waals surface area contributed by atoms with Crippen LogP contribution in [-0.2, 0) is 16.1 Å². The number of hydrogen-bond donors (Lipinski definition) is 0. The Balaban J connectivity index is 1.54. The van der Waals surface area contributed by atoms with Crippen LogP contribution in [0.25, 0.3) is 0 Å². The molecule has 0 N–H and O–H groups in total. The first-order valence-electron chi connectivity index (χ1n) is 8.41. The van der Waals surface area contributed by atoms with E-state index in [2.05, 4.69) is 45.6 Å². The molecule has 1 atom stereocenters. The van der Waals surface area contributed by atoms with Crippen molar-refractivity contribution in [3.8, 4) is 0 Å². The minimum atomic E-state index is 0.206. The first-order chi connectivity index (χ1) is 11.1. The topological polar surface area (TPSA) is 36.0 Å². The highest BCUT2D eigenvalue weighted by molar-refractivity contribution is 7.07. The molecule has 2 fully saturated rings. The fraction of sp³-hybridized carbons (Fsp3) is 0.706. The van der Waals surface area contributed by atoms with E-state index in [-0.39, 0.29) is 12.0 Å². The number of morpholine rings is 1. The Kier molecular flexibility index (Phi) is 5.69. The average Bonchev–Trinajstić information content (AvgIpc) is 3.20. The van der Waals surface area contributed by atoms with Gasteiger partial charge in [0, 0.05) is 32.2 Å². The number of nitrogens with zero attached hydrogens (tertiary/aromatic N) is 3. The predicted octanol–water partition coefficient (Wildman–Crippen LogP) is 1.50. The lowest BCUT2D eigenvalue weighted by Crippen LogP contribution is -2.50. The van der Waals surface area contributed by atoms with E-state index in [1.807, 2.05) is 0 Å². The summed E-state index contributed by atoms with van der Waals surface area (Å²) in [4.78, 5) is 19.3. The number of hydrogen-bond acceptors (Lipinski definition) is 5. The lowest BCUT2D eigenvalue weighted by atomic mass is 10.2. The van der Waals surface area contributed by atoms with Crippen molar-refractivity contribution in [3.05, 3.63) is 22.4 Å². The molecule has 0 radical (unpaired) electrons. The van der Waals surface area contributed by atoms with E-state index < -0.39 is 0 Å². The first-order valence-corrected chi connectivity index (χ1v) is 9.35. The SMILES string of the molecule is CN(C)C[C@@H]1CN(CC(=O)N(Cc2ccsc2)C2CC2)CCO1. The van der Waals surface area contributed by atoms with E-state index in [9.17, 15) is 4.79 Å². The summed E-state index contributed by atoms with van der Waals surface area (Å²) in [5.41, 5.74) is 1.25. The summed E-state index contributed by atoms with van der Waals surface area (Å²) >= 11 is 1.70. The van der Waals surface area contributed by atoms with E-state index >= 15 is 0 Å². The highest BCUT2D eigenvalue weighted by Crippen LogP contribution is 2.29. The third kappa shape index (κ3) is 5.01. The molecule has 6 heteroatoms. The van der Waals surface area contributed by atoms with Crippen LogP contribution in [0.5, 0.6) is 0 Å². The molecule has 3 rings (SSSR count). The number of ether oxygens (including phenoxy) is 1. The maximum Gasteiger partial charge on any atom is 0.237 e. The molecule has 0 aromatic carbocycles. The highest BCUT2D eigenvalue weighted by atomic mass is 32.1. The molecule has 1 aromatic heterocycles. The minimum absolute atomic E-state index is 0.206. The van der Waals surface area contributed by atoms with Crippen molar-refractivity contribution in [1.29, 1.82) is 0 Å². The van der Waals surface area contributed by atoms with Crippen molar-refractivity contribution >= 4 is 17.2 Å². The van der Waals surface area contributed by atoms with Crippen LogP contribution in [0.1, 0.15) is 18.4 Å². The Labute approximate surface area is 142 Å². The van der Waals surface area contributed by atoms with Crippen molar-refractivity contribution < 1.29 is 9.53 Å². The fourth-order valence-corrected chi connectivity index (χ4v) is 3.77. The monoisotopic (exact) mass is 337 g/mol. The zero-order valence-electron chi connectivity index (χ0n) is 14.1. The molecule has 1 aromatic rings. The second kappa shape index (κ2) is 7.75. The Morgan fingerprint density at radius 1 is 1.43 bits per heavy atom. The van der Waals surface area contributed by atoms with Crippen molar-refractivity contribution in [3.63, 3.8) is 0 Å². The fourth-order valence-electron chi connectivity index (χ4n) is 3.11. The number of amides is 1. The van der Waals surface area contributed by atoms with Crippen LogP contribution in [0.4, 0.5) is 0 Å². The van der Waals surface area contributed by atoms with Gasteiger partial charge in [-0.05, 0) is 49.3 Å². The van der Waals surface area contributed by atoms with Gasteiger partial charge in [0.05, 0.1) is 19.3 Å². The molecule has 23 heavy (non-hydrogen) atoms. The molecule has 1 saturated carbocycles. The first kappa shape index (κ1) is 16.9. The molecule has 1 amide bonds. The van der Waals surface area contributed by atoms with Crippen LogP contribution in [0.15, 0.2) is 16.8 Å². The summed E-state index contributed by atoms with van der Waals surface area (Å²) in [5, 5.41) is 4.23. The molecule has 5 nitrogen and oxygen atoms in total. The maximum atomic E-state index is 12.8. The Morgan fingerprint density at radius 2 is 2.26 bits per heavy atom. The van der Waals surface area contributed by atoms with Gasteiger partial charge >= 0.3 is 0 Å². The summed E-state index contributed by atoms with van der Waals surface area (Å²) in [6, 6.07) is 2.58. The molecule has 128 valence electrons. The van der Waals surface area contributed by atoms with Gasteiger partial charge < -0.3 is 14.5 Å². The Bertz CT molecular complexity index is 502. The van der Waals surface area contributed by atoms with E-state index in [0.717, 1.165) is 45.6 Å². The van der Waals surface area contributed by atoms with E-state index in [0.29, 0.717) is 12.6 Å². The van der Waals surface area contributed by atoms with Crippen molar-refractivity contribution in [2.75, 3.05) is 46.9 Å². The van der Waals surface area contributed by atoms with Gasteiger partial charge in [-0.1, -0.05) is 0 Å². The molecule has 2 heterocycles. The van der Waals surface area contributed by atoms with Gasteiger partial charge in [-0.3, -0.25) is 9.69 Å². The van der Waals surface area contributed by atoms with Crippen molar-refractivity contribution in [1.82, 2.24) is 14.7 Å². The number of rotatable bonds is 7. The van der Waals surface area contributed by atoms with Gasteiger partial charge in [0.25, 0.3) is 0 Å². The van der Waals surface area contributed by atoms with Crippen LogP contribution in [-0.4, -0.2) is 79.6 Å². The zero-order valence-corrected chi connectivity index (χ0v) is 14.9. The molecule has 1 saturated heterocycles. The highest BCUT2D eigenvalue weighted by Gasteiger charge is 2.34. The average molecular weight is 337 g/mol. The van der Waals surface area contributed by atoms with E-state index in [1.54, 1.807) is 11.3 Å². The van der Waals surface area contributed by atoms with Crippen molar-refractivity contribution in [2.24, 2.45) is 0 Å². The number of carbonyl (C=O) groups is 1. The largest absolute Gasteiger partial charge is 0.374 e. The van der Waals surface area contributed by atoms with Crippen molar-refractivity contribution in [2.45, 2.75) is 31.5 Å². The maximum absolute atomic E-state index is 12.8. The summed E-state index contributed by atoms with van der Waals surface area (Å²) in [6.45, 7) is 4.62. The smallest absolute Gasteiger partial charge is 0.237 e. The molecule has 1 aliphatic heterocycles. The van der Waals surface area contributed by atoms with E-state index in [4.69, 9.17) is 4.74 Å². The minimum Gasteiger partial charge on any atom is -0.374 e. The summed E-state index contributed by atoms with van der Waals surface area (Å²) in [5.74, 6) is 0.268. The standard InChI is InChI=1S/C17H27N3O2S/c1-18(2)10-16-11-19(6-7-22-16)12-17(21)20(15-3-4-15)9-14-5-8-23-13-14/h5,8,13,15-16H,3-4,6-7,9-12H2,1-2H3/t16-/m1/s1. The Morgan fingerprint density at radius 3 is 2.91 bits per heavy atom. The number of likely N-dealkylation sites (N-methyl/N-ethyl adjacent to an activating group) is 1.